The van der Waals surface area contributed by atoms with E-state index in [1.165, 1.54) is 7.11 Å². The van der Waals surface area contributed by atoms with Crippen molar-refractivity contribution in [3.05, 3.63) is 58.6 Å². The van der Waals surface area contributed by atoms with Gasteiger partial charge >= 0.3 is 0 Å². The quantitative estimate of drug-likeness (QED) is 0.533. The number of nitrogens with one attached hydrogen (secondary N) is 2. The molecule has 9 nitrogen and oxygen atoms in total. The summed E-state index contributed by atoms with van der Waals surface area (Å²) in [5.41, 5.74) is 0.328. The Labute approximate surface area is 150 Å². The van der Waals surface area contributed by atoms with E-state index in [4.69, 9.17) is 4.74 Å². The minimum Gasteiger partial charge on any atom is -0.497 e. The topological polar surface area (TPSA) is 128 Å². The van der Waals surface area contributed by atoms with Crippen molar-refractivity contribution in [2.75, 3.05) is 19.0 Å². The molecule has 2 N–H and O–H groups in total. The molecule has 0 spiro atoms. The van der Waals surface area contributed by atoms with Crippen LogP contribution in [0.4, 0.5) is 11.4 Å². The predicted molar refractivity (Wildman–Crippen MR) is 94.5 cm³/mol. The third-order valence-electron chi connectivity index (χ3n) is 3.36. The van der Waals surface area contributed by atoms with Crippen LogP contribution < -0.4 is 14.8 Å². The van der Waals surface area contributed by atoms with Gasteiger partial charge in [-0.1, -0.05) is 6.07 Å². The van der Waals surface area contributed by atoms with Crippen molar-refractivity contribution in [1.29, 1.82) is 0 Å². The molecule has 0 bridgehead atoms. The second-order valence-electron chi connectivity index (χ2n) is 5.18. The summed E-state index contributed by atoms with van der Waals surface area (Å²) in [7, 11) is -2.35. The van der Waals surface area contributed by atoms with E-state index in [0.717, 1.165) is 24.3 Å². The molecular weight excluding hydrogens is 362 g/mol. The van der Waals surface area contributed by atoms with E-state index < -0.39 is 14.9 Å². The van der Waals surface area contributed by atoms with Crippen LogP contribution in [0, 0.1) is 10.1 Å². The van der Waals surface area contributed by atoms with Gasteiger partial charge in [0.1, 0.15) is 5.75 Å². The molecule has 0 aromatic heterocycles. The first-order valence-corrected chi connectivity index (χ1v) is 8.98. The zero-order chi connectivity index (χ0) is 19.2. The number of methoxy groups -OCH3 is 1. The molecule has 10 heteroatoms. The highest BCUT2D eigenvalue weighted by Gasteiger charge is 2.16. The first-order chi connectivity index (χ1) is 12.3. The van der Waals surface area contributed by atoms with Crippen LogP contribution in [-0.4, -0.2) is 32.9 Å². The minimum atomic E-state index is -3.85. The van der Waals surface area contributed by atoms with E-state index in [2.05, 4.69) is 10.0 Å². The van der Waals surface area contributed by atoms with Gasteiger partial charge in [0.15, 0.2) is 0 Å². The standard InChI is InChI=1S/C16H17N3O6S/c1-25-14-4-2-3-12(11-14)18-16(20)9-10-17-26(23,24)15-7-5-13(6-8-15)19(21)22/h2-8,11,17H,9-10H2,1H3,(H,18,20). The lowest BCUT2D eigenvalue weighted by Crippen LogP contribution is -2.27. The Morgan fingerprint density at radius 1 is 1.19 bits per heavy atom. The van der Waals surface area contributed by atoms with Crippen LogP contribution in [0.25, 0.3) is 0 Å². The Morgan fingerprint density at radius 3 is 2.50 bits per heavy atom. The fraction of sp³-hybridized carbons (Fsp3) is 0.188. The van der Waals surface area contributed by atoms with Crippen LogP contribution in [0.1, 0.15) is 6.42 Å². The maximum absolute atomic E-state index is 12.1. The van der Waals surface area contributed by atoms with Gasteiger partial charge < -0.3 is 10.1 Å². The maximum atomic E-state index is 12.1. The molecule has 2 aromatic rings. The van der Waals surface area contributed by atoms with Gasteiger partial charge in [0.05, 0.1) is 16.9 Å². The SMILES string of the molecule is COc1cccc(NC(=O)CCNS(=O)(=O)c2ccc([N+](=O)[O-])cc2)c1. The van der Waals surface area contributed by atoms with Gasteiger partial charge in [0, 0.05) is 36.9 Å². The second kappa shape index (κ2) is 8.41. The van der Waals surface area contributed by atoms with E-state index in [-0.39, 0.29) is 29.5 Å². The number of sulfonamides is 1. The molecular formula is C16H17N3O6S. The molecule has 0 aliphatic heterocycles. The van der Waals surface area contributed by atoms with Gasteiger partial charge in [0.25, 0.3) is 5.69 Å². The third-order valence-corrected chi connectivity index (χ3v) is 4.83. The molecule has 138 valence electrons. The van der Waals surface area contributed by atoms with Crippen molar-refractivity contribution in [3.8, 4) is 5.75 Å². The summed E-state index contributed by atoms with van der Waals surface area (Å²) in [6, 6.07) is 11.2. The first-order valence-electron chi connectivity index (χ1n) is 7.50. The fourth-order valence-corrected chi connectivity index (χ4v) is 3.09. The molecule has 2 aromatic carbocycles. The number of nitrogens with zero attached hydrogens (tertiary/aromatic N) is 1. The monoisotopic (exact) mass is 379 g/mol. The summed E-state index contributed by atoms with van der Waals surface area (Å²) in [4.78, 5) is 21.7. The van der Waals surface area contributed by atoms with Crippen LogP contribution in [0.5, 0.6) is 5.75 Å². The van der Waals surface area contributed by atoms with Crippen LogP contribution in [0.15, 0.2) is 53.4 Å². The number of anilines is 1. The molecule has 0 fully saturated rings. The maximum Gasteiger partial charge on any atom is 0.269 e. The van der Waals surface area contributed by atoms with Gasteiger partial charge in [-0.05, 0) is 24.3 Å². The van der Waals surface area contributed by atoms with Crippen molar-refractivity contribution in [3.63, 3.8) is 0 Å². The molecule has 2 rings (SSSR count). The Kier molecular flexibility index (Phi) is 6.26. The van der Waals surface area contributed by atoms with Gasteiger partial charge in [-0.3, -0.25) is 14.9 Å². The lowest BCUT2D eigenvalue weighted by Gasteiger charge is -2.08. The Bertz CT molecular complexity index is 896. The van der Waals surface area contributed by atoms with Crippen LogP contribution in [0.2, 0.25) is 0 Å². The number of benzene rings is 2. The molecule has 26 heavy (non-hydrogen) atoms. The summed E-state index contributed by atoms with van der Waals surface area (Å²) < 4.78 is 31.5. The first kappa shape index (κ1) is 19.3. The van der Waals surface area contributed by atoms with Crippen molar-refractivity contribution in [2.24, 2.45) is 0 Å². The van der Waals surface area contributed by atoms with Gasteiger partial charge in [-0.15, -0.1) is 0 Å². The lowest BCUT2D eigenvalue weighted by molar-refractivity contribution is -0.384. The molecule has 0 atom stereocenters. The molecule has 0 unspecified atom stereocenters. The largest absolute Gasteiger partial charge is 0.497 e. The average Bonchev–Trinajstić information content (AvgIpc) is 2.61. The van der Waals surface area contributed by atoms with E-state index in [0.29, 0.717) is 11.4 Å². The van der Waals surface area contributed by atoms with Gasteiger partial charge in [-0.25, -0.2) is 13.1 Å². The van der Waals surface area contributed by atoms with E-state index in [1.54, 1.807) is 24.3 Å². The number of non-ortho nitro benzene ring substituents is 1. The van der Waals surface area contributed by atoms with Crippen LogP contribution in [0.3, 0.4) is 0 Å². The van der Waals surface area contributed by atoms with Crippen molar-refractivity contribution in [1.82, 2.24) is 4.72 Å². The van der Waals surface area contributed by atoms with Crippen LogP contribution >= 0.6 is 0 Å². The Morgan fingerprint density at radius 2 is 1.88 bits per heavy atom. The van der Waals surface area contributed by atoms with Crippen molar-refractivity contribution in [2.45, 2.75) is 11.3 Å². The molecule has 0 aliphatic carbocycles. The molecule has 0 radical (unpaired) electrons. The van der Waals surface area contributed by atoms with Crippen molar-refractivity contribution >= 4 is 27.3 Å². The highest BCUT2D eigenvalue weighted by molar-refractivity contribution is 7.89. The number of carbonyl (C=O) groups is 1. The smallest absolute Gasteiger partial charge is 0.269 e. The van der Waals surface area contributed by atoms with E-state index >= 15 is 0 Å². The van der Waals surface area contributed by atoms with E-state index in [9.17, 15) is 23.3 Å². The number of rotatable bonds is 8. The summed E-state index contributed by atoms with van der Waals surface area (Å²) in [5, 5.41) is 13.2. The number of carbonyl (C=O) groups excluding carboxylic acids is 1. The number of ether oxygens (including phenoxy) is 1. The van der Waals surface area contributed by atoms with Crippen molar-refractivity contribution < 1.29 is 22.9 Å². The summed E-state index contributed by atoms with van der Waals surface area (Å²) in [5.74, 6) is 0.214. The summed E-state index contributed by atoms with van der Waals surface area (Å²) in [6.45, 7) is -0.116. The number of amides is 1. The minimum absolute atomic E-state index is 0.0799. The number of nitro groups is 1. The molecule has 0 heterocycles. The zero-order valence-electron chi connectivity index (χ0n) is 13.8. The molecule has 0 aliphatic rings. The van der Waals surface area contributed by atoms with Gasteiger partial charge in [0.2, 0.25) is 15.9 Å². The number of hydrogen-bond acceptors (Lipinski definition) is 6. The molecule has 1 amide bonds. The van der Waals surface area contributed by atoms with Crippen LogP contribution in [-0.2, 0) is 14.8 Å². The molecule has 0 saturated carbocycles. The Hall–Kier alpha value is -2.98. The number of hydrogen-bond donors (Lipinski definition) is 2. The molecule has 0 saturated heterocycles. The Balaban J connectivity index is 1.89. The highest BCUT2D eigenvalue weighted by Crippen LogP contribution is 2.17. The summed E-state index contributed by atoms with van der Waals surface area (Å²) >= 11 is 0. The second-order valence-corrected chi connectivity index (χ2v) is 6.95. The van der Waals surface area contributed by atoms with E-state index in [1.807, 2.05) is 0 Å². The van der Waals surface area contributed by atoms with Gasteiger partial charge in [-0.2, -0.15) is 0 Å². The lowest BCUT2D eigenvalue weighted by atomic mass is 10.3. The summed E-state index contributed by atoms with van der Waals surface area (Å²) in [6.07, 6.45) is -0.0799. The highest BCUT2D eigenvalue weighted by atomic mass is 32.2. The average molecular weight is 379 g/mol. The zero-order valence-corrected chi connectivity index (χ0v) is 14.7. The fourth-order valence-electron chi connectivity index (χ4n) is 2.05. The normalized spacial score (nSPS) is 11.0. The number of nitro benzene ring substituents is 1. The third kappa shape index (κ3) is 5.26. The predicted octanol–water partition coefficient (Wildman–Crippen LogP) is 1.91.